The zero-order chi connectivity index (χ0) is 9.80. The minimum absolute atomic E-state index is 0.854. The molecule has 0 radical (unpaired) electrons. The van der Waals surface area contributed by atoms with Crippen LogP contribution in [0.25, 0.3) is 11.1 Å². The van der Waals surface area contributed by atoms with Crippen LogP contribution in [0.2, 0.25) is 0 Å². The van der Waals surface area contributed by atoms with Gasteiger partial charge < -0.3 is 3.07 Å². The predicted molar refractivity (Wildman–Crippen MR) is 64.3 cm³/mol. The molecule has 3 heteroatoms. The van der Waals surface area contributed by atoms with Crippen molar-refractivity contribution < 1.29 is 3.07 Å². The molecule has 0 unspecified atom stereocenters. The first-order valence-corrected chi connectivity index (χ1v) is 5.07. The number of aromatic nitrogens is 1. The van der Waals surface area contributed by atoms with Gasteiger partial charge in [-0.2, -0.15) is 0 Å². The third-order valence-electron chi connectivity index (χ3n) is 1.92. The van der Waals surface area contributed by atoms with E-state index in [9.17, 15) is 0 Å². The van der Waals surface area contributed by atoms with Gasteiger partial charge in [0.25, 0.3) is 0 Å². The molecular weight excluding hydrogens is 289 g/mol. The summed E-state index contributed by atoms with van der Waals surface area (Å²) in [6.45, 7) is 0. The van der Waals surface area contributed by atoms with Gasteiger partial charge in [-0.15, -0.1) is 0 Å². The first-order chi connectivity index (χ1) is 6.90. The summed E-state index contributed by atoms with van der Waals surface area (Å²) in [4.78, 5) is 4.07. The lowest BCUT2D eigenvalue weighted by Gasteiger charge is -2.02. The van der Waals surface area contributed by atoms with Crippen LogP contribution in [-0.2, 0) is 0 Å². The van der Waals surface area contributed by atoms with Crippen LogP contribution in [0.5, 0.6) is 5.75 Å². The van der Waals surface area contributed by atoms with E-state index in [4.69, 9.17) is 3.07 Å². The van der Waals surface area contributed by atoms with Crippen LogP contribution in [0.4, 0.5) is 0 Å². The van der Waals surface area contributed by atoms with Gasteiger partial charge in [0.2, 0.25) is 0 Å². The first-order valence-electron chi connectivity index (χ1n) is 4.19. The first kappa shape index (κ1) is 9.45. The van der Waals surface area contributed by atoms with Crippen molar-refractivity contribution in [2.45, 2.75) is 0 Å². The van der Waals surface area contributed by atoms with Crippen molar-refractivity contribution in [3.05, 3.63) is 48.8 Å². The van der Waals surface area contributed by atoms with Gasteiger partial charge in [0, 0.05) is 18.0 Å². The van der Waals surface area contributed by atoms with Gasteiger partial charge in [-0.05, 0) is 23.8 Å². The van der Waals surface area contributed by atoms with Crippen LogP contribution in [0, 0.1) is 0 Å². The van der Waals surface area contributed by atoms with Crippen LogP contribution in [0.1, 0.15) is 0 Å². The van der Waals surface area contributed by atoms with Crippen molar-refractivity contribution in [1.29, 1.82) is 0 Å². The molecule has 0 aliphatic rings. The number of halogens is 1. The molecule has 0 spiro atoms. The van der Waals surface area contributed by atoms with Gasteiger partial charge >= 0.3 is 0 Å². The molecule has 0 atom stereocenters. The summed E-state index contributed by atoms with van der Waals surface area (Å²) in [6.07, 6.45) is 3.61. The molecular formula is C11H8INO. The van der Waals surface area contributed by atoms with E-state index in [2.05, 4.69) is 4.98 Å². The summed E-state index contributed by atoms with van der Waals surface area (Å²) < 4.78 is 5.13. The van der Waals surface area contributed by atoms with Gasteiger partial charge in [-0.1, -0.05) is 18.2 Å². The summed E-state index contributed by atoms with van der Waals surface area (Å²) in [6, 6.07) is 11.9. The van der Waals surface area contributed by atoms with Crippen LogP contribution < -0.4 is 3.07 Å². The normalized spacial score (nSPS) is 9.79. The highest BCUT2D eigenvalue weighted by atomic mass is 127. The lowest BCUT2D eigenvalue weighted by Crippen LogP contribution is -1.80. The van der Waals surface area contributed by atoms with Crippen molar-refractivity contribution >= 4 is 23.0 Å². The molecule has 0 aliphatic carbocycles. The molecule has 1 aromatic heterocycles. The van der Waals surface area contributed by atoms with Crippen molar-refractivity contribution in [3.63, 3.8) is 0 Å². The molecule has 0 amide bonds. The van der Waals surface area contributed by atoms with Crippen molar-refractivity contribution in [1.82, 2.24) is 4.98 Å². The third-order valence-corrected chi connectivity index (χ3v) is 2.43. The fourth-order valence-corrected chi connectivity index (χ4v) is 1.53. The number of benzene rings is 1. The van der Waals surface area contributed by atoms with Crippen LogP contribution in [0.15, 0.2) is 48.8 Å². The van der Waals surface area contributed by atoms with E-state index in [0.717, 1.165) is 16.9 Å². The van der Waals surface area contributed by atoms with E-state index < -0.39 is 0 Å². The Kier molecular flexibility index (Phi) is 2.98. The molecule has 14 heavy (non-hydrogen) atoms. The average Bonchev–Trinajstić information content (AvgIpc) is 2.30. The Labute approximate surface area is 96.6 Å². The summed E-state index contributed by atoms with van der Waals surface area (Å²) in [5, 5.41) is 0. The van der Waals surface area contributed by atoms with Gasteiger partial charge in [-0.25, -0.2) is 0 Å². The maximum atomic E-state index is 5.13. The standard InChI is InChI=1S/C11H8INO/c12-14-11-5-1-3-9(7-11)10-4-2-6-13-8-10/h1-8H. The average molecular weight is 297 g/mol. The highest BCUT2D eigenvalue weighted by Gasteiger charge is 1.98. The zero-order valence-corrected chi connectivity index (χ0v) is 9.51. The van der Waals surface area contributed by atoms with Gasteiger partial charge in [-0.3, -0.25) is 4.98 Å². The summed E-state index contributed by atoms with van der Waals surface area (Å²) in [7, 11) is 0. The number of rotatable bonds is 2. The van der Waals surface area contributed by atoms with E-state index in [1.165, 1.54) is 0 Å². The largest absolute Gasteiger partial charge is 0.428 e. The van der Waals surface area contributed by atoms with Gasteiger partial charge in [0.15, 0.2) is 23.0 Å². The summed E-state index contributed by atoms with van der Waals surface area (Å²) in [5.41, 5.74) is 2.22. The fourth-order valence-electron chi connectivity index (χ4n) is 1.26. The van der Waals surface area contributed by atoms with E-state index in [0.29, 0.717) is 0 Å². The number of nitrogens with zero attached hydrogens (tertiary/aromatic N) is 1. The summed E-state index contributed by atoms with van der Waals surface area (Å²) in [5.74, 6) is 0.854. The van der Waals surface area contributed by atoms with Crippen LogP contribution >= 0.6 is 23.0 Å². The van der Waals surface area contributed by atoms with Crippen LogP contribution in [0.3, 0.4) is 0 Å². The van der Waals surface area contributed by atoms with E-state index >= 15 is 0 Å². The molecule has 2 aromatic rings. The second kappa shape index (κ2) is 4.41. The Hall–Kier alpha value is -1.10. The lowest BCUT2D eigenvalue weighted by molar-refractivity contribution is 0.717. The van der Waals surface area contributed by atoms with Crippen molar-refractivity contribution in [2.24, 2.45) is 0 Å². The Bertz CT molecular complexity index is 417. The van der Waals surface area contributed by atoms with Crippen LogP contribution in [-0.4, -0.2) is 4.98 Å². The maximum absolute atomic E-state index is 5.13. The highest BCUT2D eigenvalue weighted by molar-refractivity contribution is 14.1. The quantitative estimate of drug-likeness (QED) is 0.792. The van der Waals surface area contributed by atoms with E-state index in [-0.39, 0.29) is 0 Å². The molecule has 0 saturated heterocycles. The molecule has 0 fully saturated rings. The monoisotopic (exact) mass is 297 g/mol. The minimum atomic E-state index is 0.854. The second-order valence-electron chi connectivity index (χ2n) is 2.85. The number of hydrogen-bond acceptors (Lipinski definition) is 2. The topological polar surface area (TPSA) is 22.1 Å². The molecule has 2 rings (SSSR count). The fraction of sp³-hybridized carbons (Fsp3) is 0. The van der Waals surface area contributed by atoms with E-state index in [1.807, 2.05) is 65.6 Å². The van der Waals surface area contributed by atoms with Gasteiger partial charge in [0.05, 0.1) is 0 Å². The van der Waals surface area contributed by atoms with E-state index in [1.54, 1.807) is 6.20 Å². The molecule has 0 saturated carbocycles. The highest BCUT2D eigenvalue weighted by Crippen LogP contribution is 2.23. The zero-order valence-electron chi connectivity index (χ0n) is 7.35. The maximum Gasteiger partial charge on any atom is 0.192 e. The predicted octanol–water partition coefficient (Wildman–Crippen LogP) is 3.48. The molecule has 1 aromatic carbocycles. The Morgan fingerprint density at radius 2 is 1.93 bits per heavy atom. The molecule has 70 valence electrons. The number of pyridine rings is 1. The molecule has 2 nitrogen and oxygen atoms in total. The smallest absolute Gasteiger partial charge is 0.192 e. The van der Waals surface area contributed by atoms with Gasteiger partial charge in [0.1, 0.15) is 5.75 Å². The van der Waals surface area contributed by atoms with Crippen molar-refractivity contribution in [2.75, 3.05) is 0 Å². The SMILES string of the molecule is IOc1cccc(-c2cccnc2)c1. The Balaban J connectivity index is 2.42. The molecule has 0 N–H and O–H groups in total. The molecule has 1 heterocycles. The Morgan fingerprint density at radius 1 is 1.07 bits per heavy atom. The molecule has 0 bridgehead atoms. The molecule has 0 aliphatic heterocycles. The van der Waals surface area contributed by atoms with Crippen molar-refractivity contribution in [3.8, 4) is 16.9 Å². The second-order valence-corrected chi connectivity index (χ2v) is 3.29. The lowest BCUT2D eigenvalue weighted by atomic mass is 10.1. The third kappa shape index (κ3) is 2.04. The number of hydrogen-bond donors (Lipinski definition) is 0. The minimum Gasteiger partial charge on any atom is -0.428 e. The summed E-state index contributed by atoms with van der Waals surface area (Å²) >= 11 is 1.87. The Morgan fingerprint density at radius 3 is 2.64 bits per heavy atom.